The third kappa shape index (κ3) is 3.77. The minimum absolute atomic E-state index is 0.0103. The molecule has 0 amide bonds. The standard InChI is InChI=1S/C22H21N5O4S/c1-13-14(2)32-22-19(13)21(24-18(25-22)12-26-8-10-30-11-9-26)31-17-6-5-16(27(28)29)15-4-3-7-23-20(15)17/h3-7H,8-12H2,1-2H3. The number of fused-ring (bicyclic) bond motifs is 2. The SMILES string of the molecule is Cc1sc2nc(CN3CCOCC3)nc(Oc3ccc([N+](=O)[O-])c4cccnc34)c2c1C. The molecule has 4 aromatic rings. The van der Waals surface area contributed by atoms with Crippen LogP contribution in [0, 0.1) is 24.0 Å². The summed E-state index contributed by atoms with van der Waals surface area (Å²) in [4.78, 5) is 29.2. The van der Waals surface area contributed by atoms with Gasteiger partial charge in [0.2, 0.25) is 5.88 Å². The van der Waals surface area contributed by atoms with Crippen LogP contribution in [0.5, 0.6) is 11.6 Å². The first-order valence-corrected chi connectivity index (χ1v) is 11.1. The number of non-ortho nitro benzene ring substituents is 1. The van der Waals surface area contributed by atoms with E-state index < -0.39 is 4.92 Å². The summed E-state index contributed by atoms with van der Waals surface area (Å²) in [6.45, 7) is 7.74. The molecule has 0 aliphatic carbocycles. The summed E-state index contributed by atoms with van der Waals surface area (Å²) in [6, 6.07) is 6.37. The highest BCUT2D eigenvalue weighted by Crippen LogP contribution is 2.39. The van der Waals surface area contributed by atoms with Crippen molar-refractivity contribution >= 4 is 38.1 Å². The van der Waals surface area contributed by atoms with Gasteiger partial charge in [0.05, 0.1) is 35.5 Å². The Hall–Kier alpha value is -3.21. The van der Waals surface area contributed by atoms with Crippen molar-refractivity contribution in [1.82, 2.24) is 19.9 Å². The number of aryl methyl sites for hydroxylation is 2. The molecule has 0 unspecified atom stereocenters. The molecule has 1 aromatic carbocycles. The van der Waals surface area contributed by atoms with Crippen LogP contribution in [0.4, 0.5) is 5.69 Å². The zero-order chi connectivity index (χ0) is 22.2. The monoisotopic (exact) mass is 451 g/mol. The molecule has 0 N–H and O–H groups in total. The number of aromatic nitrogens is 3. The van der Waals surface area contributed by atoms with E-state index in [0.717, 1.165) is 33.7 Å². The van der Waals surface area contributed by atoms with Crippen molar-refractivity contribution in [3.63, 3.8) is 0 Å². The molecule has 1 aliphatic rings. The lowest BCUT2D eigenvalue weighted by Crippen LogP contribution is -2.36. The second-order valence-corrected chi connectivity index (χ2v) is 8.84. The van der Waals surface area contributed by atoms with Gasteiger partial charge >= 0.3 is 0 Å². The fourth-order valence-corrected chi connectivity index (χ4v) is 4.87. The van der Waals surface area contributed by atoms with Crippen molar-refractivity contribution in [3.8, 4) is 11.6 Å². The van der Waals surface area contributed by atoms with Crippen LogP contribution in [0.2, 0.25) is 0 Å². The predicted octanol–water partition coefficient (Wildman–Crippen LogP) is 4.39. The first kappa shape index (κ1) is 20.7. The van der Waals surface area contributed by atoms with Gasteiger partial charge in [0.15, 0.2) is 5.75 Å². The summed E-state index contributed by atoms with van der Waals surface area (Å²) < 4.78 is 11.7. The highest BCUT2D eigenvalue weighted by molar-refractivity contribution is 7.18. The number of hydrogen-bond donors (Lipinski definition) is 0. The number of benzene rings is 1. The van der Waals surface area contributed by atoms with Gasteiger partial charge in [0.25, 0.3) is 5.69 Å². The second kappa shape index (κ2) is 8.38. The Labute approximate surface area is 187 Å². The van der Waals surface area contributed by atoms with Crippen molar-refractivity contribution in [3.05, 3.63) is 56.8 Å². The number of pyridine rings is 1. The van der Waals surface area contributed by atoms with E-state index in [4.69, 9.17) is 19.4 Å². The van der Waals surface area contributed by atoms with Crippen LogP contribution in [0.15, 0.2) is 30.5 Å². The number of rotatable bonds is 5. The Morgan fingerprint density at radius 1 is 1.22 bits per heavy atom. The number of nitro benzene ring substituents is 1. The van der Waals surface area contributed by atoms with Crippen molar-refractivity contribution in [2.75, 3.05) is 26.3 Å². The van der Waals surface area contributed by atoms with E-state index in [1.807, 2.05) is 6.92 Å². The molecule has 1 saturated heterocycles. The van der Waals surface area contributed by atoms with Crippen LogP contribution < -0.4 is 4.74 Å². The minimum atomic E-state index is -0.413. The molecule has 0 bridgehead atoms. The number of ether oxygens (including phenoxy) is 2. The molecule has 0 radical (unpaired) electrons. The molecule has 9 nitrogen and oxygen atoms in total. The summed E-state index contributed by atoms with van der Waals surface area (Å²) in [5.74, 6) is 1.54. The number of morpholine rings is 1. The van der Waals surface area contributed by atoms with E-state index in [-0.39, 0.29) is 5.69 Å². The van der Waals surface area contributed by atoms with Gasteiger partial charge in [-0.15, -0.1) is 11.3 Å². The summed E-state index contributed by atoms with van der Waals surface area (Å²) >= 11 is 1.61. The number of nitro groups is 1. The van der Waals surface area contributed by atoms with E-state index in [1.165, 1.54) is 6.07 Å². The lowest BCUT2D eigenvalue weighted by molar-refractivity contribution is -0.383. The van der Waals surface area contributed by atoms with Gasteiger partial charge in [-0.1, -0.05) is 0 Å². The Balaban J connectivity index is 1.60. The normalized spacial score (nSPS) is 14.8. The Morgan fingerprint density at radius 3 is 2.81 bits per heavy atom. The molecule has 1 aliphatic heterocycles. The van der Waals surface area contributed by atoms with Crippen molar-refractivity contribution in [2.24, 2.45) is 0 Å². The van der Waals surface area contributed by atoms with Gasteiger partial charge in [-0.3, -0.25) is 20.0 Å². The fourth-order valence-electron chi connectivity index (χ4n) is 3.84. The van der Waals surface area contributed by atoms with Crippen molar-refractivity contribution in [1.29, 1.82) is 0 Å². The van der Waals surface area contributed by atoms with Crippen molar-refractivity contribution < 1.29 is 14.4 Å². The molecule has 1 fully saturated rings. The first-order valence-electron chi connectivity index (χ1n) is 10.3. The zero-order valence-corrected chi connectivity index (χ0v) is 18.5. The van der Waals surface area contributed by atoms with Crippen LogP contribution in [-0.2, 0) is 11.3 Å². The molecular formula is C22H21N5O4S. The minimum Gasteiger partial charge on any atom is -0.436 e. The van der Waals surface area contributed by atoms with Gasteiger partial charge in [-0.05, 0) is 37.6 Å². The van der Waals surface area contributed by atoms with Crippen LogP contribution in [-0.4, -0.2) is 51.1 Å². The van der Waals surface area contributed by atoms with E-state index in [9.17, 15) is 10.1 Å². The molecule has 5 rings (SSSR count). The number of thiophene rings is 1. The predicted molar refractivity (Wildman–Crippen MR) is 121 cm³/mol. The van der Waals surface area contributed by atoms with Crippen molar-refractivity contribution in [2.45, 2.75) is 20.4 Å². The third-order valence-corrected chi connectivity index (χ3v) is 6.72. The second-order valence-electron chi connectivity index (χ2n) is 7.64. The van der Waals surface area contributed by atoms with Gasteiger partial charge in [-0.25, -0.2) is 4.98 Å². The van der Waals surface area contributed by atoms with E-state index in [0.29, 0.717) is 48.1 Å². The summed E-state index contributed by atoms with van der Waals surface area (Å²) in [5.41, 5.74) is 1.48. The first-order chi connectivity index (χ1) is 15.5. The quantitative estimate of drug-likeness (QED) is 0.325. The molecule has 10 heteroatoms. The molecule has 0 saturated carbocycles. The number of hydrogen-bond acceptors (Lipinski definition) is 9. The molecule has 32 heavy (non-hydrogen) atoms. The maximum Gasteiger partial charge on any atom is 0.279 e. The third-order valence-electron chi connectivity index (χ3n) is 5.62. The summed E-state index contributed by atoms with van der Waals surface area (Å²) in [5, 5.41) is 12.7. The summed E-state index contributed by atoms with van der Waals surface area (Å²) in [7, 11) is 0. The van der Waals surface area contributed by atoms with Gasteiger partial charge in [0, 0.05) is 30.2 Å². The molecule has 3 aromatic heterocycles. The maximum atomic E-state index is 11.4. The molecular weight excluding hydrogens is 430 g/mol. The van der Waals surface area contributed by atoms with Crippen LogP contribution in [0.3, 0.4) is 0 Å². The molecule has 4 heterocycles. The molecule has 0 atom stereocenters. The van der Waals surface area contributed by atoms with Crippen LogP contribution >= 0.6 is 11.3 Å². The van der Waals surface area contributed by atoms with E-state index in [2.05, 4.69) is 16.8 Å². The highest BCUT2D eigenvalue weighted by Gasteiger charge is 2.21. The zero-order valence-electron chi connectivity index (χ0n) is 17.7. The molecule has 0 spiro atoms. The average Bonchev–Trinajstić information content (AvgIpc) is 3.08. The lowest BCUT2D eigenvalue weighted by Gasteiger charge is -2.25. The Kier molecular flexibility index (Phi) is 5.41. The van der Waals surface area contributed by atoms with Gasteiger partial charge < -0.3 is 9.47 Å². The largest absolute Gasteiger partial charge is 0.436 e. The smallest absolute Gasteiger partial charge is 0.279 e. The van der Waals surface area contributed by atoms with E-state index in [1.54, 1.807) is 35.7 Å². The fraction of sp³-hybridized carbons (Fsp3) is 0.318. The highest BCUT2D eigenvalue weighted by atomic mass is 32.1. The van der Waals surface area contributed by atoms with Crippen LogP contribution in [0.25, 0.3) is 21.1 Å². The lowest BCUT2D eigenvalue weighted by atomic mass is 10.1. The van der Waals surface area contributed by atoms with E-state index >= 15 is 0 Å². The Bertz CT molecular complexity index is 1330. The van der Waals surface area contributed by atoms with Gasteiger partial charge in [-0.2, -0.15) is 4.98 Å². The van der Waals surface area contributed by atoms with Crippen LogP contribution in [0.1, 0.15) is 16.3 Å². The topological polar surface area (TPSA) is 104 Å². The Morgan fingerprint density at radius 2 is 2.03 bits per heavy atom. The van der Waals surface area contributed by atoms with Gasteiger partial charge in [0.1, 0.15) is 16.2 Å². The molecule has 164 valence electrons. The maximum absolute atomic E-state index is 11.4. The number of nitrogens with zero attached hydrogens (tertiary/aromatic N) is 5. The summed E-state index contributed by atoms with van der Waals surface area (Å²) in [6.07, 6.45) is 1.60. The average molecular weight is 452 g/mol.